The van der Waals surface area contributed by atoms with Crippen LogP contribution in [0.4, 0.5) is 0 Å². The highest BCUT2D eigenvalue weighted by atomic mass is 32.8. The maximum absolute atomic E-state index is 2.75. The third kappa shape index (κ3) is 9.47. The van der Waals surface area contributed by atoms with Crippen LogP contribution in [0.3, 0.4) is 0 Å². The van der Waals surface area contributed by atoms with Gasteiger partial charge >= 0.3 is 0 Å². The van der Waals surface area contributed by atoms with Crippen LogP contribution in [-0.2, 0) is 0 Å². The van der Waals surface area contributed by atoms with Crippen molar-refractivity contribution < 1.29 is 0 Å². The highest BCUT2D eigenvalue weighted by Crippen LogP contribution is 2.71. The lowest BCUT2D eigenvalue weighted by Crippen LogP contribution is -0.986. The Morgan fingerprint density at radius 3 is 1.50 bits per heavy atom. The molecule has 4 unspecified atom stereocenters. The van der Waals surface area contributed by atoms with Crippen LogP contribution < -0.4 is 0 Å². The van der Waals surface area contributed by atoms with Crippen molar-refractivity contribution in [1.82, 2.24) is 0 Å². The second kappa shape index (κ2) is 7.15. The zero-order valence-corrected chi connectivity index (χ0v) is 8.04. The Labute approximate surface area is 49.7 Å². The van der Waals surface area contributed by atoms with Crippen molar-refractivity contribution in [3.05, 3.63) is 0 Å². The standard InChI is InChI=1S/CH4.H7P5/c;1-4-5(2)3/h1H4;4H,1-3H2. The predicted octanol–water partition coefficient (Wildman–Crippen LogP) is 3.07. The van der Waals surface area contributed by atoms with Crippen LogP contribution in [-0.4, -0.2) is 0 Å². The molecule has 0 amide bonds. The lowest BCUT2D eigenvalue weighted by atomic mass is 12.0. The van der Waals surface area contributed by atoms with Gasteiger partial charge in [0.05, 0.1) is 0 Å². The largest absolute Gasteiger partial charge is 0.109 e. The van der Waals surface area contributed by atoms with Crippen LogP contribution in [0.1, 0.15) is 7.43 Å². The van der Waals surface area contributed by atoms with Gasteiger partial charge in [-0.15, -0.1) is 26.8 Å². The first-order valence-electron chi connectivity index (χ1n) is 1.03. The van der Waals surface area contributed by atoms with Crippen molar-refractivity contribution in [3.63, 3.8) is 0 Å². The molecule has 0 aliphatic rings. The minimum atomic E-state index is 0. The number of hydrogen-bond donors (Lipinski definition) is 0. The highest BCUT2D eigenvalue weighted by molar-refractivity contribution is 8.77. The summed E-state index contributed by atoms with van der Waals surface area (Å²) in [7, 11) is 9.24. The molecule has 0 spiro atoms. The fourth-order valence-electron chi connectivity index (χ4n) is 0. The summed E-state index contributed by atoms with van der Waals surface area (Å²) in [5.41, 5.74) is 0. The van der Waals surface area contributed by atoms with E-state index in [1.807, 2.05) is 0 Å². The van der Waals surface area contributed by atoms with Crippen molar-refractivity contribution in [3.8, 4) is 0 Å². The molecule has 0 aromatic carbocycles. The molecule has 0 saturated heterocycles. The van der Waals surface area contributed by atoms with E-state index in [1.54, 1.807) is 0 Å². The zero-order chi connectivity index (χ0) is 4.28. The SMILES string of the molecule is C.PPP(P)P. The summed E-state index contributed by atoms with van der Waals surface area (Å²) >= 11 is 0. The zero-order valence-electron chi connectivity index (χ0n) is 2.68. The third-order valence-corrected chi connectivity index (χ3v) is 12.1. The second-order valence-corrected chi connectivity index (χ2v) is 14.5. The third-order valence-electron chi connectivity index (χ3n) is 0.149. The maximum Gasteiger partial charge on any atom is -0.0429 e. The maximum atomic E-state index is 2.75. The molecule has 0 aliphatic carbocycles. The average Bonchev–Trinajstić information content (AvgIpc) is 1.38. The molecule has 4 atom stereocenters. The molecule has 0 saturated carbocycles. The summed E-state index contributed by atoms with van der Waals surface area (Å²) in [6.07, 6.45) is 0. The summed E-state index contributed by atoms with van der Waals surface area (Å²) in [4.78, 5) is 0. The van der Waals surface area contributed by atoms with E-state index in [0.29, 0.717) is 0 Å². The van der Waals surface area contributed by atoms with Crippen LogP contribution in [0, 0.1) is 0 Å². The molecule has 0 radical (unpaired) electrons. The van der Waals surface area contributed by atoms with Crippen molar-refractivity contribution in [1.29, 1.82) is 0 Å². The Bertz CT molecular complexity index is 17.9. The Morgan fingerprint density at radius 2 is 1.50 bits per heavy atom. The summed E-state index contributed by atoms with van der Waals surface area (Å²) in [6, 6.07) is 0. The Balaban J connectivity index is 0. The van der Waals surface area contributed by atoms with Crippen LogP contribution >= 0.6 is 41.7 Å². The van der Waals surface area contributed by atoms with Gasteiger partial charge in [0.25, 0.3) is 0 Å². The van der Waals surface area contributed by atoms with E-state index in [-0.39, 0.29) is 14.4 Å². The van der Waals surface area contributed by atoms with Gasteiger partial charge in [-0.25, -0.2) is 0 Å². The van der Waals surface area contributed by atoms with E-state index >= 15 is 0 Å². The lowest BCUT2D eigenvalue weighted by Gasteiger charge is -1.92. The number of hydrogen-bond acceptors (Lipinski definition) is 0. The first-order valence-corrected chi connectivity index (χ1v) is 9.26. The van der Waals surface area contributed by atoms with Gasteiger partial charge in [0.15, 0.2) is 0 Å². The van der Waals surface area contributed by atoms with Gasteiger partial charge in [-0.3, -0.25) is 0 Å². The molecule has 5 heteroatoms. The molecule has 0 rings (SSSR count). The van der Waals surface area contributed by atoms with Gasteiger partial charge in [-0.1, -0.05) is 15.4 Å². The van der Waals surface area contributed by atoms with Gasteiger partial charge in [-0.2, -0.15) is 0 Å². The van der Waals surface area contributed by atoms with Gasteiger partial charge < -0.3 is 0 Å². The minimum absolute atomic E-state index is 0. The van der Waals surface area contributed by atoms with E-state index in [1.165, 1.54) is 0 Å². The fraction of sp³-hybridized carbons (Fsp3) is 1.00. The van der Waals surface area contributed by atoms with Gasteiger partial charge in [-0.05, 0) is 6.99 Å². The van der Waals surface area contributed by atoms with Crippen LogP contribution in [0.2, 0.25) is 0 Å². The Hall–Kier alpha value is 2.15. The summed E-state index contributed by atoms with van der Waals surface area (Å²) in [6.45, 7) is 0.226. The highest BCUT2D eigenvalue weighted by Gasteiger charge is 1.78. The van der Waals surface area contributed by atoms with Gasteiger partial charge in [0.2, 0.25) is 0 Å². The topological polar surface area (TPSA) is 0 Å². The van der Waals surface area contributed by atoms with Crippen LogP contribution in [0.25, 0.3) is 0 Å². The fourth-order valence-corrected chi connectivity index (χ4v) is 0. The summed E-state index contributed by atoms with van der Waals surface area (Å²) < 4.78 is 0. The molecule has 40 valence electrons. The van der Waals surface area contributed by atoms with Crippen molar-refractivity contribution in [2.24, 2.45) is 0 Å². The molecule has 0 bridgehead atoms. The molecule has 0 heterocycles. The molecule has 0 fully saturated rings. The molecule has 0 nitrogen and oxygen atoms in total. The molecule has 0 aliphatic heterocycles. The Kier molecular flexibility index (Phi) is 13.1. The van der Waals surface area contributed by atoms with Crippen LogP contribution in [0.5, 0.6) is 0 Å². The molecule has 0 aromatic rings. The molecule has 6 heavy (non-hydrogen) atoms. The normalized spacial score (nSPS) is 10.0. The van der Waals surface area contributed by atoms with E-state index < -0.39 is 0 Å². The van der Waals surface area contributed by atoms with E-state index in [0.717, 1.165) is 7.96 Å². The average molecular weight is 178 g/mol. The predicted molar refractivity (Wildman–Crippen MR) is 51.1 cm³/mol. The molecule has 0 aromatic heterocycles. The second-order valence-electron chi connectivity index (χ2n) is 0.536. The van der Waals surface area contributed by atoms with Crippen molar-refractivity contribution in [2.45, 2.75) is 7.43 Å². The van der Waals surface area contributed by atoms with Crippen LogP contribution in [0.15, 0.2) is 0 Å². The summed E-state index contributed by atoms with van der Waals surface area (Å²) in [5, 5.41) is 0. The lowest BCUT2D eigenvalue weighted by molar-refractivity contribution is 2.50. The Morgan fingerprint density at radius 1 is 1.33 bits per heavy atom. The van der Waals surface area contributed by atoms with E-state index in [4.69, 9.17) is 0 Å². The van der Waals surface area contributed by atoms with Gasteiger partial charge in [0, 0.05) is 0 Å². The molecular weight excluding hydrogens is 167 g/mol. The smallest absolute Gasteiger partial charge is 0.0429 e. The quantitative estimate of drug-likeness (QED) is 0.541. The first-order chi connectivity index (χ1) is 2.27. The van der Waals surface area contributed by atoms with Crippen molar-refractivity contribution >= 4 is 41.7 Å². The molecule has 0 N–H and O–H groups in total. The van der Waals surface area contributed by atoms with Gasteiger partial charge in [0.1, 0.15) is 0 Å². The van der Waals surface area contributed by atoms with E-state index in [2.05, 4.69) is 26.8 Å². The van der Waals surface area contributed by atoms with Crippen molar-refractivity contribution in [2.75, 3.05) is 0 Å². The number of rotatable bonds is 1. The molecular formula is CH11P5. The first kappa shape index (κ1) is 11.0. The van der Waals surface area contributed by atoms with E-state index in [9.17, 15) is 0 Å². The summed E-state index contributed by atoms with van der Waals surface area (Å²) in [5.74, 6) is 0. The minimum Gasteiger partial charge on any atom is -0.109 e. The monoisotopic (exact) mass is 178 g/mol.